The van der Waals surface area contributed by atoms with E-state index in [-0.39, 0.29) is 24.2 Å². The molecule has 3 rings (SSSR count). The van der Waals surface area contributed by atoms with Crippen LogP contribution in [0.1, 0.15) is 25.0 Å². The Morgan fingerprint density at radius 1 is 1.11 bits per heavy atom. The van der Waals surface area contributed by atoms with Crippen molar-refractivity contribution in [2.24, 2.45) is 0 Å². The molecular formula is C22H21Cl2NO3. The van der Waals surface area contributed by atoms with E-state index < -0.39 is 5.97 Å². The third-order valence-electron chi connectivity index (χ3n) is 4.95. The number of hydrogen-bond acceptors (Lipinski definition) is 4. The predicted molar refractivity (Wildman–Crippen MR) is 112 cm³/mol. The van der Waals surface area contributed by atoms with Gasteiger partial charge in [0.2, 0.25) is 0 Å². The maximum Gasteiger partial charge on any atom is 0.310 e. The van der Waals surface area contributed by atoms with Gasteiger partial charge in [-0.1, -0.05) is 61.3 Å². The van der Waals surface area contributed by atoms with E-state index >= 15 is 0 Å². The molecular weight excluding hydrogens is 397 g/mol. The van der Waals surface area contributed by atoms with Crippen molar-refractivity contribution in [1.29, 1.82) is 0 Å². The molecule has 0 aliphatic carbocycles. The Hall–Kier alpha value is -2.30. The molecule has 4 nitrogen and oxygen atoms in total. The van der Waals surface area contributed by atoms with Crippen molar-refractivity contribution >= 4 is 40.6 Å². The third kappa shape index (κ3) is 4.08. The lowest BCUT2D eigenvalue weighted by Gasteiger charge is -2.23. The fourth-order valence-electron chi connectivity index (χ4n) is 3.47. The van der Waals surface area contributed by atoms with Gasteiger partial charge in [-0.15, -0.1) is 0 Å². The van der Waals surface area contributed by atoms with E-state index in [0.717, 1.165) is 16.9 Å². The summed E-state index contributed by atoms with van der Waals surface area (Å²) >= 11 is 11.8. The van der Waals surface area contributed by atoms with Crippen molar-refractivity contribution in [3.8, 4) is 0 Å². The molecule has 0 saturated carbocycles. The van der Waals surface area contributed by atoms with E-state index in [0.29, 0.717) is 15.6 Å². The summed E-state index contributed by atoms with van der Waals surface area (Å²) in [6, 6.07) is 13.0. The number of likely N-dealkylation sites (N-methyl/N-ethyl adjacent to an activating group) is 1. The van der Waals surface area contributed by atoms with Gasteiger partial charge in [0.25, 0.3) is 0 Å². The number of hydrogen-bond donors (Lipinski definition) is 0. The summed E-state index contributed by atoms with van der Waals surface area (Å²) in [6.45, 7) is 3.85. The van der Waals surface area contributed by atoms with Crippen LogP contribution in [0.3, 0.4) is 0 Å². The fourth-order valence-corrected chi connectivity index (χ4v) is 3.79. The number of nitrogens with zero attached hydrogens (tertiary/aromatic N) is 1. The molecule has 0 spiro atoms. The Kier molecular flexibility index (Phi) is 5.82. The van der Waals surface area contributed by atoms with Crippen LogP contribution in [0.2, 0.25) is 10.0 Å². The van der Waals surface area contributed by atoms with Crippen LogP contribution in [0.25, 0.3) is 0 Å². The fraction of sp³-hybridized carbons (Fsp3) is 0.273. The van der Waals surface area contributed by atoms with E-state index in [1.807, 2.05) is 30.1 Å². The van der Waals surface area contributed by atoms with Crippen LogP contribution in [0.4, 0.5) is 5.69 Å². The molecule has 0 bridgehead atoms. The minimum absolute atomic E-state index is 0.0254. The van der Waals surface area contributed by atoms with Gasteiger partial charge in [-0.25, -0.2) is 0 Å². The van der Waals surface area contributed by atoms with Gasteiger partial charge in [-0.2, -0.15) is 0 Å². The first kappa shape index (κ1) is 20.4. The number of ketones is 1. The van der Waals surface area contributed by atoms with E-state index in [1.54, 1.807) is 24.3 Å². The molecule has 0 radical (unpaired) electrons. The minimum atomic E-state index is -0.493. The minimum Gasteiger partial charge on any atom is -0.457 e. The van der Waals surface area contributed by atoms with Crippen LogP contribution >= 0.6 is 23.2 Å². The van der Waals surface area contributed by atoms with Gasteiger partial charge in [0.15, 0.2) is 12.4 Å². The number of benzene rings is 2. The van der Waals surface area contributed by atoms with Crippen LogP contribution in [0.5, 0.6) is 0 Å². The zero-order valence-electron chi connectivity index (χ0n) is 16.0. The van der Waals surface area contributed by atoms with Crippen LogP contribution in [0.15, 0.2) is 54.2 Å². The first-order valence-corrected chi connectivity index (χ1v) is 9.63. The standard InChI is InChI=1S/C22H21Cl2NO3/c1-22(2)16-6-4-5-7-19(16)25(3)20(22)12-15(26)13-28-21(27)11-14-8-9-17(23)18(24)10-14/h4-10,12H,11,13H2,1-3H3. The van der Waals surface area contributed by atoms with E-state index in [1.165, 1.54) is 0 Å². The molecule has 6 heteroatoms. The Morgan fingerprint density at radius 3 is 2.50 bits per heavy atom. The number of para-hydroxylation sites is 1. The van der Waals surface area contributed by atoms with Crippen molar-refractivity contribution < 1.29 is 14.3 Å². The number of anilines is 1. The Morgan fingerprint density at radius 2 is 1.82 bits per heavy atom. The molecule has 0 amide bonds. The van der Waals surface area contributed by atoms with Gasteiger partial charge >= 0.3 is 5.97 Å². The number of rotatable bonds is 5. The second kappa shape index (κ2) is 7.98. The van der Waals surface area contributed by atoms with Crippen molar-refractivity contribution in [1.82, 2.24) is 0 Å². The molecule has 0 unspecified atom stereocenters. The summed E-state index contributed by atoms with van der Waals surface area (Å²) in [7, 11) is 1.93. The highest BCUT2D eigenvalue weighted by Gasteiger charge is 2.38. The molecule has 0 saturated heterocycles. The van der Waals surface area contributed by atoms with Gasteiger partial charge in [-0.3, -0.25) is 9.59 Å². The average Bonchev–Trinajstić information content (AvgIpc) is 2.84. The summed E-state index contributed by atoms with van der Waals surface area (Å²) in [5.74, 6) is -0.752. The average molecular weight is 418 g/mol. The SMILES string of the molecule is CN1C(=CC(=O)COC(=O)Cc2ccc(Cl)c(Cl)c2)C(C)(C)c2ccccc21. The third-order valence-corrected chi connectivity index (χ3v) is 5.69. The van der Waals surface area contributed by atoms with Crippen molar-refractivity contribution in [2.75, 3.05) is 18.6 Å². The highest BCUT2D eigenvalue weighted by molar-refractivity contribution is 6.42. The first-order valence-electron chi connectivity index (χ1n) is 8.88. The molecule has 2 aromatic carbocycles. The van der Waals surface area contributed by atoms with Crippen LogP contribution in [0, 0.1) is 0 Å². The topological polar surface area (TPSA) is 46.6 Å². The van der Waals surface area contributed by atoms with Gasteiger partial charge in [0.05, 0.1) is 16.5 Å². The second-order valence-corrected chi connectivity index (χ2v) is 8.10. The predicted octanol–water partition coefficient (Wildman–Crippen LogP) is 4.96. The first-order chi connectivity index (χ1) is 13.2. The molecule has 2 aromatic rings. The van der Waals surface area contributed by atoms with Crippen molar-refractivity contribution in [3.63, 3.8) is 0 Å². The molecule has 28 heavy (non-hydrogen) atoms. The smallest absolute Gasteiger partial charge is 0.310 e. The number of carbonyl (C=O) groups excluding carboxylic acids is 2. The summed E-state index contributed by atoms with van der Waals surface area (Å²) in [5.41, 5.74) is 3.48. The number of fused-ring (bicyclic) bond motifs is 1. The number of allylic oxidation sites excluding steroid dienone is 1. The summed E-state index contributed by atoms with van der Waals surface area (Å²) in [5, 5.41) is 0.795. The van der Waals surface area contributed by atoms with Gasteiger partial charge in [0, 0.05) is 29.9 Å². The zero-order chi connectivity index (χ0) is 20.5. The lowest BCUT2D eigenvalue weighted by Crippen LogP contribution is -2.25. The maximum absolute atomic E-state index is 12.4. The lowest BCUT2D eigenvalue weighted by molar-refractivity contribution is -0.146. The highest BCUT2D eigenvalue weighted by Crippen LogP contribution is 2.46. The quantitative estimate of drug-likeness (QED) is 0.509. The number of halogens is 2. The molecule has 1 aliphatic heterocycles. The molecule has 1 aliphatic rings. The summed E-state index contributed by atoms with van der Waals surface area (Å²) in [6.07, 6.45) is 1.59. The number of carbonyl (C=O) groups is 2. The monoisotopic (exact) mass is 417 g/mol. The number of ether oxygens (including phenoxy) is 1. The van der Waals surface area contributed by atoms with Crippen LogP contribution < -0.4 is 4.90 Å². The van der Waals surface area contributed by atoms with E-state index in [9.17, 15) is 9.59 Å². The molecule has 0 N–H and O–H groups in total. The zero-order valence-corrected chi connectivity index (χ0v) is 17.5. The Labute approximate surface area is 174 Å². The van der Waals surface area contributed by atoms with E-state index in [2.05, 4.69) is 19.9 Å². The molecule has 0 aromatic heterocycles. The van der Waals surface area contributed by atoms with Crippen LogP contribution in [-0.4, -0.2) is 25.4 Å². The molecule has 0 atom stereocenters. The molecule has 0 fully saturated rings. The summed E-state index contributed by atoms with van der Waals surface area (Å²) < 4.78 is 5.14. The largest absolute Gasteiger partial charge is 0.457 e. The normalized spacial score (nSPS) is 16.2. The van der Waals surface area contributed by atoms with Crippen molar-refractivity contribution in [3.05, 3.63) is 75.4 Å². The van der Waals surface area contributed by atoms with Gasteiger partial charge in [-0.05, 0) is 29.3 Å². The van der Waals surface area contributed by atoms with Gasteiger partial charge in [0.1, 0.15) is 0 Å². The lowest BCUT2D eigenvalue weighted by atomic mass is 9.83. The molecule has 1 heterocycles. The Balaban J connectivity index is 1.64. The number of esters is 1. The maximum atomic E-state index is 12.4. The van der Waals surface area contributed by atoms with Gasteiger partial charge < -0.3 is 9.64 Å². The molecule has 146 valence electrons. The highest BCUT2D eigenvalue weighted by atomic mass is 35.5. The summed E-state index contributed by atoms with van der Waals surface area (Å²) in [4.78, 5) is 26.5. The van der Waals surface area contributed by atoms with Crippen LogP contribution in [-0.2, 0) is 26.2 Å². The van der Waals surface area contributed by atoms with E-state index in [4.69, 9.17) is 27.9 Å². The second-order valence-electron chi connectivity index (χ2n) is 7.28. The van der Waals surface area contributed by atoms with Crippen molar-refractivity contribution in [2.45, 2.75) is 25.7 Å². The Bertz CT molecular complexity index is 966.